The lowest BCUT2D eigenvalue weighted by molar-refractivity contribution is -0.138. The van der Waals surface area contributed by atoms with Crippen LogP contribution < -0.4 is 15.7 Å². The zero-order valence-electron chi connectivity index (χ0n) is 33.9. The van der Waals surface area contributed by atoms with Gasteiger partial charge in [0.15, 0.2) is 0 Å². The Balaban J connectivity index is 1.29. The Morgan fingerprint density at radius 2 is 0.821 bits per heavy atom. The number of benzene rings is 2. The summed E-state index contributed by atoms with van der Waals surface area (Å²) in [4.78, 5) is 21.8. The molecule has 0 aromatic heterocycles. The first-order valence-corrected chi connectivity index (χ1v) is 21.6. The minimum Gasteiger partial charge on any atom is -0.481 e. The van der Waals surface area contributed by atoms with Gasteiger partial charge in [0, 0.05) is 19.6 Å². The molecule has 14 nitrogen and oxygen atoms in total. The molecule has 2 rings (SSSR count). The molecule has 0 radical (unpaired) electrons. The summed E-state index contributed by atoms with van der Waals surface area (Å²) in [7, 11) is -2.55. The van der Waals surface area contributed by atoms with Gasteiger partial charge in [-0.25, -0.2) is 0 Å². The summed E-state index contributed by atoms with van der Waals surface area (Å²) in [6, 6.07) is 21.2. The molecule has 0 aliphatic rings. The zero-order chi connectivity index (χ0) is 40.4. The molecule has 0 aliphatic carbocycles. The van der Waals surface area contributed by atoms with Crippen LogP contribution in [0.15, 0.2) is 60.7 Å². The second-order valence-electron chi connectivity index (χ2n) is 13.6. The highest BCUT2D eigenvalue weighted by molar-refractivity contribution is 6.99. The predicted octanol–water partition coefficient (Wildman–Crippen LogP) is 3.08. The Bertz CT molecular complexity index is 1200. The van der Waals surface area contributed by atoms with Crippen LogP contribution in [-0.4, -0.2) is 157 Å². The Hall–Kier alpha value is -2.80. The van der Waals surface area contributed by atoms with Gasteiger partial charge in [0.25, 0.3) is 8.32 Å². The third-order valence-electron chi connectivity index (χ3n) is 8.29. The van der Waals surface area contributed by atoms with E-state index in [0.29, 0.717) is 138 Å². The van der Waals surface area contributed by atoms with Gasteiger partial charge < -0.3 is 57.5 Å². The zero-order valence-corrected chi connectivity index (χ0v) is 34.9. The van der Waals surface area contributed by atoms with Crippen molar-refractivity contribution in [2.45, 2.75) is 45.1 Å². The number of aliphatic carboxylic acids is 1. The third-order valence-corrected chi connectivity index (χ3v) is 13.3. The van der Waals surface area contributed by atoms with Crippen molar-refractivity contribution in [1.29, 1.82) is 0 Å². The lowest BCUT2D eigenvalue weighted by atomic mass is 10.2. The van der Waals surface area contributed by atoms with Crippen molar-refractivity contribution >= 4 is 30.6 Å². The lowest BCUT2D eigenvalue weighted by Gasteiger charge is -2.43. The standard InChI is InChI=1S/C41H67NO13Si/c1-41(2,3)56(37-11-6-4-7-12-37,38-13-8-5-9-14-38)55-36-35-54-34-33-53-32-31-52-30-29-51-28-27-50-26-25-49-24-23-48-22-21-47-20-19-46-18-10-17-42-39(43)15-16-40(44)45/h4-9,11-14H,10,15-36H2,1-3H3,(H,42,43)(H,44,45). The highest BCUT2D eigenvalue weighted by Crippen LogP contribution is 2.36. The van der Waals surface area contributed by atoms with E-state index in [0.717, 1.165) is 0 Å². The second kappa shape index (κ2) is 32.2. The molecular formula is C41H67NO13Si. The van der Waals surface area contributed by atoms with E-state index >= 15 is 0 Å². The van der Waals surface area contributed by atoms with Crippen LogP contribution in [0.4, 0.5) is 0 Å². The minimum absolute atomic E-state index is 0.0111. The fraction of sp³-hybridized carbons (Fsp3) is 0.659. The highest BCUT2D eigenvalue weighted by atomic mass is 28.4. The molecule has 0 heterocycles. The number of carbonyl (C=O) groups excluding carboxylic acids is 1. The second-order valence-corrected chi connectivity index (χ2v) is 17.9. The Labute approximate surface area is 334 Å². The van der Waals surface area contributed by atoms with E-state index in [2.05, 4.69) is 74.6 Å². The Morgan fingerprint density at radius 3 is 1.14 bits per heavy atom. The molecule has 0 spiro atoms. The van der Waals surface area contributed by atoms with Crippen LogP contribution in [0.3, 0.4) is 0 Å². The van der Waals surface area contributed by atoms with E-state index in [1.54, 1.807) is 0 Å². The van der Waals surface area contributed by atoms with Crippen LogP contribution >= 0.6 is 0 Å². The number of carboxylic acid groups (broad SMARTS) is 1. The van der Waals surface area contributed by atoms with Gasteiger partial charge in [-0.1, -0.05) is 81.4 Å². The summed E-state index contributed by atoms with van der Waals surface area (Å²) in [5, 5.41) is 13.7. The predicted molar refractivity (Wildman–Crippen MR) is 215 cm³/mol. The van der Waals surface area contributed by atoms with Crippen molar-refractivity contribution in [3.8, 4) is 0 Å². The summed E-state index contributed by atoms with van der Waals surface area (Å²) in [6.45, 7) is 16.4. The molecule has 1 amide bonds. The Morgan fingerprint density at radius 1 is 0.500 bits per heavy atom. The first-order valence-electron chi connectivity index (χ1n) is 19.7. The molecule has 0 atom stereocenters. The molecule has 0 unspecified atom stereocenters. The van der Waals surface area contributed by atoms with Gasteiger partial charge in [0.05, 0.1) is 125 Å². The summed E-state index contributed by atoms with van der Waals surface area (Å²) in [6.07, 6.45) is 0.474. The minimum atomic E-state index is -2.55. The van der Waals surface area contributed by atoms with Gasteiger partial charge in [-0.05, 0) is 21.8 Å². The summed E-state index contributed by atoms with van der Waals surface area (Å²) in [5.74, 6) is -1.25. The number of carboxylic acids is 1. The number of carbonyl (C=O) groups is 2. The van der Waals surface area contributed by atoms with Crippen LogP contribution in [0, 0.1) is 0 Å². The van der Waals surface area contributed by atoms with Gasteiger partial charge in [-0.3, -0.25) is 9.59 Å². The smallest absolute Gasteiger partial charge is 0.303 e. The van der Waals surface area contributed by atoms with E-state index in [1.165, 1.54) is 10.4 Å². The van der Waals surface area contributed by atoms with E-state index < -0.39 is 14.3 Å². The van der Waals surface area contributed by atoms with Crippen LogP contribution in [0.5, 0.6) is 0 Å². The average Bonchev–Trinajstić information content (AvgIpc) is 3.19. The molecular weight excluding hydrogens is 743 g/mol. The number of ether oxygens (including phenoxy) is 9. The maximum absolute atomic E-state index is 11.4. The van der Waals surface area contributed by atoms with Gasteiger partial charge in [0.1, 0.15) is 0 Å². The SMILES string of the molecule is CC(C)(C)[Si](OCCOCCOCCOCCOCCOCCOCCOCCOCCOCCCNC(=O)CCC(=O)O)(c1ccccc1)c1ccccc1. The number of rotatable bonds is 37. The third kappa shape index (κ3) is 22.8. The molecule has 2 N–H and O–H groups in total. The first-order chi connectivity index (χ1) is 27.3. The van der Waals surface area contributed by atoms with Gasteiger partial charge in [0.2, 0.25) is 5.91 Å². The molecule has 318 valence electrons. The maximum Gasteiger partial charge on any atom is 0.303 e. The van der Waals surface area contributed by atoms with Crippen molar-refractivity contribution in [1.82, 2.24) is 5.32 Å². The average molecular weight is 810 g/mol. The Kier molecular flexibility index (Phi) is 28.4. The number of amides is 1. The van der Waals surface area contributed by atoms with Gasteiger partial charge in [-0.15, -0.1) is 0 Å². The van der Waals surface area contributed by atoms with E-state index in [9.17, 15) is 9.59 Å². The fourth-order valence-electron chi connectivity index (χ4n) is 5.59. The van der Waals surface area contributed by atoms with Crippen molar-refractivity contribution in [2.24, 2.45) is 0 Å². The highest BCUT2D eigenvalue weighted by Gasteiger charge is 2.50. The fourth-order valence-corrected chi connectivity index (χ4v) is 10.1. The summed E-state index contributed by atoms with van der Waals surface area (Å²) < 4.78 is 56.8. The van der Waals surface area contributed by atoms with Crippen molar-refractivity contribution < 1.29 is 61.8 Å². The molecule has 0 fully saturated rings. The quantitative estimate of drug-likeness (QED) is 0.0759. The molecule has 2 aromatic carbocycles. The maximum atomic E-state index is 11.4. The lowest BCUT2D eigenvalue weighted by Crippen LogP contribution is -2.66. The van der Waals surface area contributed by atoms with E-state index in [-0.39, 0.29) is 23.8 Å². The van der Waals surface area contributed by atoms with Crippen LogP contribution in [0.2, 0.25) is 5.04 Å². The summed E-state index contributed by atoms with van der Waals surface area (Å²) >= 11 is 0. The van der Waals surface area contributed by atoms with Gasteiger partial charge >= 0.3 is 5.97 Å². The van der Waals surface area contributed by atoms with Crippen LogP contribution in [0.1, 0.15) is 40.0 Å². The van der Waals surface area contributed by atoms with E-state index in [1.807, 2.05) is 12.1 Å². The molecule has 0 bridgehead atoms. The normalized spacial score (nSPS) is 11.9. The number of hydrogen-bond acceptors (Lipinski definition) is 12. The molecule has 0 saturated carbocycles. The van der Waals surface area contributed by atoms with E-state index in [4.69, 9.17) is 52.2 Å². The van der Waals surface area contributed by atoms with Gasteiger partial charge in [-0.2, -0.15) is 0 Å². The number of hydrogen-bond donors (Lipinski definition) is 2. The molecule has 0 aliphatic heterocycles. The topological polar surface area (TPSA) is 159 Å². The number of nitrogens with one attached hydrogen (secondary N) is 1. The molecule has 56 heavy (non-hydrogen) atoms. The van der Waals surface area contributed by atoms with Crippen LogP contribution in [0.25, 0.3) is 0 Å². The molecule has 15 heteroatoms. The largest absolute Gasteiger partial charge is 0.481 e. The van der Waals surface area contributed by atoms with Crippen molar-refractivity contribution in [3.05, 3.63) is 60.7 Å². The molecule has 0 saturated heterocycles. The first kappa shape index (κ1) is 49.3. The van der Waals surface area contributed by atoms with Crippen molar-refractivity contribution in [2.75, 3.05) is 132 Å². The van der Waals surface area contributed by atoms with Crippen LogP contribution in [-0.2, 0) is 56.6 Å². The summed E-state index contributed by atoms with van der Waals surface area (Å²) in [5.41, 5.74) is 0. The monoisotopic (exact) mass is 809 g/mol. The van der Waals surface area contributed by atoms with Crippen molar-refractivity contribution in [3.63, 3.8) is 0 Å². The molecule has 2 aromatic rings.